The first-order valence-corrected chi connectivity index (χ1v) is 7.34. The molecule has 1 aromatic heterocycles. The lowest BCUT2D eigenvalue weighted by molar-refractivity contribution is 0.120. The second-order valence-electron chi connectivity index (χ2n) is 4.55. The van der Waals surface area contributed by atoms with Crippen molar-refractivity contribution in [3.05, 3.63) is 22.7 Å². The van der Waals surface area contributed by atoms with Gasteiger partial charge in [-0.3, -0.25) is 0 Å². The van der Waals surface area contributed by atoms with Crippen LogP contribution in [0.5, 0.6) is 0 Å². The summed E-state index contributed by atoms with van der Waals surface area (Å²) >= 11 is 7.77. The van der Waals surface area contributed by atoms with Crippen LogP contribution in [-0.2, 0) is 4.74 Å². The number of nitrogens with one attached hydrogen (secondary N) is 1. The van der Waals surface area contributed by atoms with Crippen LogP contribution in [0.4, 0.5) is 5.13 Å². The minimum Gasteiger partial charge on any atom is -0.376 e. The quantitative estimate of drug-likeness (QED) is 0.928. The van der Waals surface area contributed by atoms with Crippen molar-refractivity contribution in [3.63, 3.8) is 0 Å². The predicted octanol–water partition coefficient (Wildman–Crippen LogP) is 3.85. The van der Waals surface area contributed by atoms with Crippen LogP contribution in [0, 0.1) is 6.92 Å². The molecule has 2 heterocycles. The number of nitrogens with zero attached hydrogens (tertiary/aromatic N) is 1. The molecule has 1 saturated heterocycles. The van der Waals surface area contributed by atoms with E-state index in [-0.39, 0.29) is 0 Å². The molecule has 18 heavy (non-hydrogen) atoms. The molecule has 5 heteroatoms. The number of ether oxygens (including phenoxy) is 1. The zero-order valence-electron chi connectivity index (χ0n) is 10.2. The molecule has 1 aliphatic heterocycles. The average Bonchev–Trinajstić information content (AvgIpc) is 3.00. The highest BCUT2D eigenvalue weighted by molar-refractivity contribution is 7.22. The summed E-state index contributed by atoms with van der Waals surface area (Å²) < 4.78 is 6.76. The van der Waals surface area contributed by atoms with Crippen molar-refractivity contribution < 1.29 is 4.74 Å². The number of anilines is 1. The highest BCUT2D eigenvalue weighted by atomic mass is 35.5. The maximum Gasteiger partial charge on any atom is 0.183 e. The first-order chi connectivity index (χ1) is 8.74. The normalized spacial score (nSPS) is 19.6. The Labute approximate surface area is 115 Å². The molecule has 1 aromatic carbocycles. The van der Waals surface area contributed by atoms with E-state index in [1.807, 2.05) is 19.1 Å². The SMILES string of the molecule is Cc1c(Cl)ccc2sc(NC[C@H]3CCCO3)nc12. The third-order valence-electron chi connectivity index (χ3n) is 3.25. The van der Waals surface area contributed by atoms with Crippen molar-refractivity contribution >= 4 is 38.3 Å². The molecule has 0 spiro atoms. The fourth-order valence-electron chi connectivity index (χ4n) is 2.18. The van der Waals surface area contributed by atoms with E-state index in [0.717, 1.165) is 40.8 Å². The summed E-state index contributed by atoms with van der Waals surface area (Å²) in [6.07, 6.45) is 2.64. The standard InChI is InChI=1S/C13H15ClN2OS/c1-8-10(14)4-5-11-12(8)16-13(18-11)15-7-9-3-2-6-17-9/h4-5,9H,2-3,6-7H2,1H3,(H,15,16)/t9-/m1/s1. The highest BCUT2D eigenvalue weighted by Gasteiger charge is 2.16. The summed E-state index contributed by atoms with van der Waals surface area (Å²) in [5, 5.41) is 5.09. The molecular weight excluding hydrogens is 268 g/mol. The summed E-state index contributed by atoms with van der Waals surface area (Å²) in [5.41, 5.74) is 2.05. The zero-order valence-corrected chi connectivity index (χ0v) is 11.8. The molecule has 1 aliphatic rings. The van der Waals surface area contributed by atoms with Crippen molar-refractivity contribution in [3.8, 4) is 0 Å². The summed E-state index contributed by atoms with van der Waals surface area (Å²) in [6.45, 7) is 3.74. The molecule has 96 valence electrons. The minimum atomic E-state index is 0.335. The van der Waals surface area contributed by atoms with Crippen molar-refractivity contribution in [2.24, 2.45) is 0 Å². The number of aryl methyl sites for hydroxylation is 1. The van der Waals surface area contributed by atoms with Crippen molar-refractivity contribution in [1.82, 2.24) is 4.98 Å². The molecule has 0 aliphatic carbocycles. The van der Waals surface area contributed by atoms with Gasteiger partial charge in [-0.1, -0.05) is 22.9 Å². The summed E-state index contributed by atoms with van der Waals surface area (Å²) in [4.78, 5) is 4.60. The fourth-order valence-corrected chi connectivity index (χ4v) is 3.27. The van der Waals surface area contributed by atoms with Crippen LogP contribution < -0.4 is 5.32 Å². The predicted molar refractivity (Wildman–Crippen MR) is 76.8 cm³/mol. The number of halogens is 1. The van der Waals surface area contributed by atoms with Crippen LogP contribution in [0.1, 0.15) is 18.4 Å². The van der Waals surface area contributed by atoms with Crippen LogP contribution >= 0.6 is 22.9 Å². The van der Waals surface area contributed by atoms with Gasteiger partial charge < -0.3 is 10.1 Å². The molecule has 0 unspecified atom stereocenters. The van der Waals surface area contributed by atoms with E-state index in [1.165, 1.54) is 11.1 Å². The van der Waals surface area contributed by atoms with Crippen LogP contribution in [0.2, 0.25) is 5.02 Å². The van der Waals surface area contributed by atoms with Gasteiger partial charge in [-0.05, 0) is 37.5 Å². The van der Waals surface area contributed by atoms with Gasteiger partial charge in [0.2, 0.25) is 0 Å². The lowest BCUT2D eigenvalue weighted by Gasteiger charge is -2.08. The molecule has 1 N–H and O–H groups in total. The third-order valence-corrected chi connectivity index (χ3v) is 4.64. The number of aromatic nitrogens is 1. The average molecular weight is 283 g/mol. The Balaban J connectivity index is 1.78. The van der Waals surface area contributed by atoms with Crippen LogP contribution in [-0.4, -0.2) is 24.2 Å². The zero-order chi connectivity index (χ0) is 12.5. The molecule has 1 fully saturated rings. The largest absolute Gasteiger partial charge is 0.376 e. The Morgan fingerprint density at radius 3 is 3.22 bits per heavy atom. The monoisotopic (exact) mass is 282 g/mol. The van der Waals surface area contributed by atoms with E-state index in [9.17, 15) is 0 Å². The van der Waals surface area contributed by atoms with Crippen LogP contribution in [0.3, 0.4) is 0 Å². The van der Waals surface area contributed by atoms with E-state index < -0.39 is 0 Å². The Bertz CT molecular complexity index is 563. The van der Waals surface area contributed by atoms with Gasteiger partial charge in [0.15, 0.2) is 5.13 Å². The van der Waals surface area contributed by atoms with Crippen molar-refractivity contribution in [2.45, 2.75) is 25.9 Å². The van der Waals surface area contributed by atoms with E-state index >= 15 is 0 Å². The number of rotatable bonds is 3. The van der Waals surface area contributed by atoms with Crippen LogP contribution in [0.15, 0.2) is 12.1 Å². The van der Waals surface area contributed by atoms with E-state index in [4.69, 9.17) is 16.3 Å². The first-order valence-electron chi connectivity index (χ1n) is 6.15. The molecule has 2 aromatic rings. The summed E-state index contributed by atoms with van der Waals surface area (Å²) in [7, 11) is 0. The number of hydrogen-bond donors (Lipinski definition) is 1. The second-order valence-corrected chi connectivity index (χ2v) is 5.99. The number of hydrogen-bond acceptors (Lipinski definition) is 4. The van der Waals surface area contributed by atoms with Gasteiger partial charge in [0.05, 0.1) is 16.3 Å². The fraction of sp³-hybridized carbons (Fsp3) is 0.462. The first kappa shape index (κ1) is 12.2. The number of fused-ring (bicyclic) bond motifs is 1. The molecule has 0 radical (unpaired) electrons. The molecule has 0 saturated carbocycles. The molecule has 0 bridgehead atoms. The van der Waals surface area contributed by atoms with Gasteiger partial charge in [-0.15, -0.1) is 0 Å². The van der Waals surface area contributed by atoms with Gasteiger partial charge >= 0.3 is 0 Å². The van der Waals surface area contributed by atoms with Gasteiger partial charge in [0.25, 0.3) is 0 Å². The maximum absolute atomic E-state index is 6.10. The number of thiazole rings is 1. The summed E-state index contributed by atoms with van der Waals surface area (Å²) in [6, 6.07) is 3.96. The third kappa shape index (κ3) is 2.32. The van der Waals surface area contributed by atoms with Gasteiger partial charge in [0.1, 0.15) is 0 Å². The van der Waals surface area contributed by atoms with E-state index in [1.54, 1.807) is 11.3 Å². The lowest BCUT2D eigenvalue weighted by atomic mass is 10.2. The van der Waals surface area contributed by atoms with Gasteiger partial charge in [0, 0.05) is 18.2 Å². The Morgan fingerprint density at radius 1 is 1.56 bits per heavy atom. The minimum absolute atomic E-state index is 0.335. The highest BCUT2D eigenvalue weighted by Crippen LogP contribution is 2.31. The van der Waals surface area contributed by atoms with Crippen molar-refractivity contribution in [2.75, 3.05) is 18.5 Å². The molecule has 3 rings (SSSR count). The van der Waals surface area contributed by atoms with Gasteiger partial charge in [-0.2, -0.15) is 0 Å². The van der Waals surface area contributed by atoms with E-state index in [0.29, 0.717) is 6.10 Å². The molecular formula is C13H15ClN2OS. The second kappa shape index (κ2) is 5.03. The lowest BCUT2D eigenvalue weighted by Crippen LogP contribution is -2.18. The van der Waals surface area contributed by atoms with Crippen LogP contribution in [0.25, 0.3) is 10.2 Å². The van der Waals surface area contributed by atoms with E-state index in [2.05, 4.69) is 10.3 Å². The Hall–Kier alpha value is -0.840. The number of benzene rings is 1. The smallest absolute Gasteiger partial charge is 0.183 e. The Kier molecular flexibility index (Phi) is 3.41. The molecule has 1 atom stereocenters. The molecule has 0 amide bonds. The molecule has 3 nitrogen and oxygen atoms in total. The maximum atomic E-state index is 6.10. The Morgan fingerprint density at radius 2 is 2.44 bits per heavy atom. The van der Waals surface area contributed by atoms with Crippen molar-refractivity contribution in [1.29, 1.82) is 0 Å². The summed E-state index contributed by atoms with van der Waals surface area (Å²) in [5.74, 6) is 0. The van der Waals surface area contributed by atoms with Gasteiger partial charge in [-0.25, -0.2) is 4.98 Å². The topological polar surface area (TPSA) is 34.1 Å².